The van der Waals surface area contributed by atoms with Crippen LogP contribution in [0.2, 0.25) is 0 Å². The molecule has 116 valence electrons. The van der Waals surface area contributed by atoms with Crippen LogP contribution in [-0.2, 0) is 20.7 Å². The number of carbonyl (C=O) groups excluding carboxylic acids is 1. The van der Waals surface area contributed by atoms with Crippen LogP contribution >= 0.6 is 0 Å². The van der Waals surface area contributed by atoms with E-state index in [4.69, 9.17) is 18.9 Å². The van der Waals surface area contributed by atoms with Crippen molar-refractivity contribution >= 4 is 5.97 Å². The summed E-state index contributed by atoms with van der Waals surface area (Å²) in [4.78, 5) is 11.8. The Morgan fingerprint density at radius 2 is 2.14 bits per heavy atom. The largest absolute Gasteiger partial charge is 0.496 e. The maximum atomic E-state index is 11.8. The van der Waals surface area contributed by atoms with Crippen molar-refractivity contribution in [2.45, 2.75) is 38.9 Å². The van der Waals surface area contributed by atoms with Crippen molar-refractivity contribution in [3.8, 4) is 11.5 Å². The predicted octanol–water partition coefficient (Wildman–Crippen LogP) is 2.71. The smallest absolute Gasteiger partial charge is 0.310 e. The molecule has 0 saturated carbocycles. The van der Waals surface area contributed by atoms with E-state index < -0.39 is 0 Å². The summed E-state index contributed by atoms with van der Waals surface area (Å²) >= 11 is 0. The molecule has 1 fully saturated rings. The number of carbonyl (C=O) groups is 1. The fourth-order valence-electron chi connectivity index (χ4n) is 2.32. The lowest BCUT2D eigenvalue weighted by Crippen LogP contribution is -2.25. The van der Waals surface area contributed by atoms with Gasteiger partial charge in [0.15, 0.2) is 6.29 Å². The maximum absolute atomic E-state index is 11.8. The van der Waals surface area contributed by atoms with Gasteiger partial charge in [-0.15, -0.1) is 0 Å². The molecule has 1 saturated heterocycles. The molecule has 0 aliphatic carbocycles. The highest BCUT2D eigenvalue weighted by Crippen LogP contribution is 2.31. The summed E-state index contributed by atoms with van der Waals surface area (Å²) < 4.78 is 21.8. The topological polar surface area (TPSA) is 54.0 Å². The molecular weight excluding hydrogens is 272 g/mol. The lowest BCUT2D eigenvalue weighted by atomic mass is 10.1. The molecule has 5 nitrogen and oxygen atoms in total. The molecule has 1 heterocycles. The first-order valence-electron chi connectivity index (χ1n) is 7.34. The molecule has 0 amide bonds. The van der Waals surface area contributed by atoms with Crippen molar-refractivity contribution in [2.24, 2.45) is 0 Å². The summed E-state index contributed by atoms with van der Waals surface area (Å²) in [6, 6.07) is 5.48. The van der Waals surface area contributed by atoms with Crippen molar-refractivity contribution < 1.29 is 23.7 Å². The van der Waals surface area contributed by atoms with Gasteiger partial charge < -0.3 is 18.9 Å². The lowest BCUT2D eigenvalue weighted by molar-refractivity contribution is -0.142. The molecule has 1 aromatic carbocycles. The van der Waals surface area contributed by atoms with Gasteiger partial charge in [-0.3, -0.25) is 4.79 Å². The van der Waals surface area contributed by atoms with Gasteiger partial charge in [-0.1, -0.05) is 6.07 Å². The van der Waals surface area contributed by atoms with Crippen LogP contribution in [0.15, 0.2) is 18.2 Å². The molecule has 1 unspecified atom stereocenters. The third-order valence-corrected chi connectivity index (χ3v) is 3.33. The zero-order chi connectivity index (χ0) is 15.1. The van der Waals surface area contributed by atoms with Crippen LogP contribution in [0.5, 0.6) is 11.5 Å². The Labute approximate surface area is 125 Å². The zero-order valence-corrected chi connectivity index (χ0v) is 12.6. The number of esters is 1. The highest BCUT2D eigenvalue weighted by Gasteiger charge is 2.20. The predicted molar refractivity (Wildman–Crippen MR) is 77.6 cm³/mol. The summed E-state index contributed by atoms with van der Waals surface area (Å²) in [5.41, 5.74) is 0.702. The average Bonchev–Trinajstić information content (AvgIpc) is 2.50. The lowest BCUT2D eigenvalue weighted by Gasteiger charge is -2.25. The van der Waals surface area contributed by atoms with Gasteiger partial charge >= 0.3 is 5.97 Å². The Balaban J connectivity index is 2.16. The molecular formula is C16H22O5. The van der Waals surface area contributed by atoms with E-state index in [9.17, 15) is 4.79 Å². The van der Waals surface area contributed by atoms with Crippen LogP contribution in [0.3, 0.4) is 0 Å². The van der Waals surface area contributed by atoms with Gasteiger partial charge in [0.2, 0.25) is 0 Å². The highest BCUT2D eigenvalue weighted by atomic mass is 16.7. The van der Waals surface area contributed by atoms with E-state index in [0.29, 0.717) is 30.3 Å². The van der Waals surface area contributed by atoms with Gasteiger partial charge in [-0.25, -0.2) is 0 Å². The van der Waals surface area contributed by atoms with Gasteiger partial charge in [0.1, 0.15) is 11.5 Å². The minimum Gasteiger partial charge on any atom is -0.496 e. The first-order chi connectivity index (χ1) is 10.2. The minimum absolute atomic E-state index is 0.125. The molecule has 5 heteroatoms. The van der Waals surface area contributed by atoms with E-state index in [1.807, 2.05) is 18.2 Å². The van der Waals surface area contributed by atoms with E-state index in [2.05, 4.69) is 0 Å². The van der Waals surface area contributed by atoms with Crippen LogP contribution in [0.25, 0.3) is 0 Å². The highest BCUT2D eigenvalue weighted by molar-refractivity contribution is 5.75. The summed E-state index contributed by atoms with van der Waals surface area (Å²) in [6.45, 7) is 2.85. The normalized spacial score (nSPS) is 18.1. The van der Waals surface area contributed by atoms with E-state index in [0.717, 1.165) is 19.3 Å². The number of benzene rings is 1. The van der Waals surface area contributed by atoms with Gasteiger partial charge in [-0.2, -0.15) is 0 Å². The molecule has 1 aliphatic rings. The molecule has 0 bridgehead atoms. The van der Waals surface area contributed by atoms with Gasteiger partial charge in [0.05, 0.1) is 26.7 Å². The minimum atomic E-state index is -0.295. The molecule has 21 heavy (non-hydrogen) atoms. The summed E-state index contributed by atoms with van der Waals surface area (Å²) in [5.74, 6) is 0.946. The van der Waals surface area contributed by atoms with Crippen LogP contribution in [0.4, 0.5) is 0 Å². The Hall–Kier alpha value is -1.75. The van der Waals surface area contributed by atoms with Crippen molar-refractivity contribution in [1.82, 2.24) is 0 Å². The number of methoxy groups -OCH3 is 1. The van der Waals surface area contributed by atoms with E-state index >= 15 is 0 Å². The Morgan fingerprint density at radius 3 is 2.81 bits per heavy atom. The molecule has 2 rings (SSSR count). The molecule has 0 aromatic heterocycles. The molecule has 0 radical (unpaired) electrons. The molecule has 1 atom stereocenters. The van der Waals surface area contributed by atoms with E-state index in [-0.39, 0.29) is 18.7 Å². The standard InChI is InChI=1S/C16H22O5/c1-3-19-15(17)11-12-13(18-2)7-6-8-14(12)21-16-9-4-5-10-20-16/h6-8,16H,3-5,9-11H2,1-2H3. The molecule has 1 aromatic rings. The van der Waals surface area contributed by atoms with Gasteiger partial charge in [0, 0.05) is 12.0 Å². The van der Waals surface area contributed by atoms with Crippen molar-refractivity contribution in [3.05, 3.63) is 23.8 Å². The number of ether oxygens (including phenoxy) is 4. The van der Waals surface area contributed by atoms with Gasteiger partial charge in [-0.05, 0) is 31.9 Å². The quantitative estimate of drug-likeness (QED) is 0.755. The maximum Gasteiger partial charge on any atom is 0.310 e. The monoisotopic (exact) mass is 294 g/mol. The first-order valence-corrected chi connectivity index (χ1v) is 7.34. The second kappa shape index (κ2) is 7.88. The van der Waals surface area contributed by atoms with Gasteiger partial charge in [0.25, 0.3) is 0 Å². The number of hydrogen-bond donors (Lipinski definition) is 0. The molecule has 1 aliphatic heterocycles. The first kappa shape index (κ1) is 15.6. The van der Waals surface area contributed by atoms with Crippen molar-refractivity contribution in [2.75, 3.05) is 20.3 Å². The second-order valence-electron chi connectivity index (χ2n) is 4.83. The van der Waals surface area contributed by atoms with E-state index in [1.165, 1.54) is 0 Å². The zero-order valence-electron chi connectivity index (χ0n) is 12.6. The van der Waals surface area contributed by atoms with Crippen LogP contribution < -0.4 is 9.47 Å². The Bertz CT molecular complexity index is 466. The number of hydrogen-bond acceptors (Lipinski definition) is 5. The second-order valence-corrected chi connectivity index (χ2v) is 4.83. The summed E-state index contributed by atoms with van der Waals surface area (Å²) in [6.07, 6.45) is 2.87. The van der Waals surface area contributed by atoms with Crippen molar-refractivity contribution in [3.63, 3.8) is 0 Å². The average molecular weight is 294 g/mol. The molecule has 0 N–H and O–H groups in total. The third kappa shape index (κ3) is 4.36. The van der Waals surface area contributed by atoms with Crippen LogP contribution in [-0.4, -0.2) is 32.6 Å². The van der Waals surface area contributed by atoms with Crippen molar-refractivity contribution in [1.29, 1.82) is 0 Å². The third-order valence-electron chi connectivity index (χ3n) is 3.33. The number of rotatable bonds is 6. The molecule has 0 spiro atoms. The Kier molecular flexibility index (Phi) is 5.87. The van der Waals surface area contributed by atoms with Crippen LogP contribution in [0.1, 0.15) is 31.7 Å². The Morgan fingerprint density at radius 1 is 1.33 bits per heavy atom. The fourth-order valence-corrected chi connectivity index (χ4v) is 2.32. The summed E-state index contributed by atoms with van der Waals surface area (Å²) in [7, 11) is 1.57. The van der Waals surface area contributed by atoms with E-state index in [1.54, 1.807) is 14.0 Å². The van der Waals surface area contributed by atoms with Crippen LogP contribution in [0, 0.1) is 0 Å². The summed E-state index contributed by atoms with van der Waals surface area (Å²) in [5, 5.41) is 0. The fraction of sp³-hybridized carbons (Fsp3) is 0.562. The SMILES string of the molecule is CCOC(=O)Cc1c(OC)cccc1OC1CCCCO1.